The number of sulfonamides is 1. The Morgan fingerprint density at radius 2 is 2.18 bits per heavy atom. The van der Waals surface area contributed by atoms with Gasteiger partial charge in [0.1, 0.15) is 0 Å². The number of nitrogens with zero attached hydrogens (tertiary/aromatic N) is 1. The van der Waals surface area contributed by atoms with Crippen LogP contribution in [0.5, 0.6) is 0 Å². The zero-order valence-corrected chi connectivity index (χ0v) is 11.0. The summed E-state index contributed by atoms with van der Waals surface area (Å²) < 4.78 is 22.2. The van der Waals surface area contributed by atoms with Crippen LogP contribution in [0.15, 0.2) is 0 Å². The topological polar surface area (TPSA) is 92.5 Å². The van der Waals surface area contributed by atoms with Crippen molar-refractivity contribution in [1.29, 1.82) is 0 Å². The molecule has 1 aliphatic heterocycles. The quantitative estimate of drug-likeness (QED) is 0.696. The summed E-state index contributed by atoms with van der Waals surface area (Å²) in [6.45, 7) is 3.40. The van der Waals surface area contributed by atoms with E-state index in [0.29, 0.717) is 19.5 Å². The second kappa shape index (κ2) is 6.20. The third-order valence-electron chi connectivity index (χ3n) is 2.95. The lowest BCUT2D eigenvalue weighted by Crippen LogP contribution is -2.40. The monoisotopic (exact) mass is 263 g/mol. The molecule has 0 aromatic heterocycles. The Kier molecular flexibility index (Phi) is 5.20. The number of hydrogen-bond acceptors (Lipinski definition) is 3. The summed E-state index contributed by atoms with van der Waals surface area (Å²) >= 11 is 0. The number of carbonyl (C=O) groups excluding carboxylic acids is 1. The zero-order valence-electron chi connectivity index (χ0n) is 10.2. The molecular weight excluding hydrogens is 242 g/mol. The lowest BCUT2D eigenvalue weighted by Gasteiger charge is -2.16. The van der Waals surface area contributed by atoms with Gasteiger partial charge >= 0.3 is 6.03 Å². The van der Waals surface area contributed by atoms with E-state index in [9.17, 15) is 13.2 Å². The Hall–Kier alpha value is -0.820. The number of unbranched alkanes of at least 4 members (excludes halogenated alkanes) is 2. The lowest BCUT2D eigenvalue weighted by molar-refractivity contribution is 0.208. The van der Waals surface area contributed by atoms with E-state index in [0.717, 1.165) is 19.3 Å². The van der Waals surface area contributed by atoms with Gasteiger partial charge < -0.3 is 10.2 Å². The molecule has 6 nitrogen and oxygen atoms in total. The van der Waals surface area contributed by atoms with Gasteiger partial charge in [-0.15, -0.1) is 0 Å². The number of primary sulfonamides is 1. The second-order valence-electron chi connectivity index (χ2n) is 4.38. The molecular formula is C10H21N3O3S. The molecule has 0 aromatic carbocycles. The van der Waals surface area contributed by atoms with Crippen molar-refractivity contribution in [2.24, 2.45) is 5.14 Å². The molecule has 1 fully saturated rings. The van der Waals surface area contributed by atoms with Crippen molar-refractivity contribution in [3.63, 3.8) is 0 Å². The van der Waals surface area contributed by atoms with Gasteiger partial charge in [-0.25, -0.2) is 18.4 Å². The molecule has 1 heterocycles. The van der Waals surface area contributed by atoms with E-state index < -0.39 is 15.3 Å². The van der Waals surface area contributed by atoms with Crippen molar-refractivity contribution in [2.45, 2.75) is 37.9 Å². The van der Waals surface area contributed by atoms with Gasteiger partial charge in [0.2, 0.25) is 10.0 Å². The van der Waals surface area contributed by atoms with Gasteiger partial charge in [0.15, 0.2) is 0 Å². The minimum absolute atomic E-state index is 0.188. The second-order valence-corrected chi connectivity index (χ2v) is 6.23. The van der Waals surface area contributed by atoms with Crippen LogP contribution < -0.4 is 10.5 Å². The van der Waals surface area contributed by atoms with Crippen molar-refractivity contribution in [3.8, 4) is 0 Å². The standard InChI is InChI=1S/C10H21N3O3S/c1-2-3-4-6-12-10(14)13-7-5-9(8-13)17(11,15)16/h9H,2-8H2,1H3,(H,12,14)(H2,11,15,16)/t9-/m0/s1. The zero-order chi connectivity index (χ0) is 12.9. The Balaban J connectivity index is 2.31. The van der Waals surface area contributed by atoms with Crippen LogP contribution in [-0.2, 0) is 10.0 Å². The number of hydrogen-bond donors (Lipinski definition) is 2. The third-order valence-corrected chi connectivity index (χ3v) is 4.27. The van der Waals surface area contributed by atoms with Crippen LogP contribution in [-0.4, -0.2) is 44.2 Å². The van der Waals surface area contributed by atoms with Gasteiger partial charge in [-0.1, -0.05) is 19.8 Å². The highest BCUT2D eigenvalue weighted by Crippen LogP contribution is 2.14. The van der Waals surface area contributed by atoms with Crippen molar-refractivity contribution >= 4 is 16.1 Å². The number of likely N-dealkylation sites (tertiary alicyclic amines) is 1. The van der Waals surface area contributed by atoms with E-state index in [1.54, 1.807) is 0 Å². The Morgan fingerprint density at radius 3 is 2.71 bits per heavy atom. The maximum absolute atomic E-state index is 11.7. The molecule has 0 aromatic rings. The maximum Gasteiger partial charge on any atom is 0.317 e. The molecule has 17 heavy (non-hydrogen) atoms. The number of nitrogens with two attached hydrogens (primary N) is 1. The summed E-state index contributed by atoms with van der Waals surface area (Å²) in [4.78, 5) is 13.2. The Bertz CT molecular complexity index is 356. The van der Waals surface area contributed by atoms with Crippen LogP contribution in [0.3, 0.4) is 0 Å². The molecule has 0 radical (unpaired) electrons. The average Bonchev–Trinajstić information content (AvgIpc) is 2.72. The maximum atomic E-state index is 11.7. The molecule has 1 atom stereocenters. The van der Waals surface area contributed by atoms with Crippen LogP contribution in [0, 0.1) is 0 Å². The predicted octanol–water partition coefficient (Wildman–Crippen LogP) is 0.249. The summed E-state index contributed by atoms with van der Waals surface area (Å²) in [5.41, 5.74) is 0. The summed E-state index contributed by atoms with van der Waals surface area (Å²) in [6, 6.07) is -0.188. The minimum atomic E-state index is -3.52. The summed E-state index contributed by atoms with van der Waals surface area (Å²) in [7, 11) is -3.52. The summed E-state index contributed by atoms with van der Waals surface area (Å²) in [5, 5.41) is 7.23. The minimum Gasteiger partial charge on any atom is -0.338 e. The normalized spacial score (nSPS) is 20.6. The van der Waals surface area contributed by atoms with Crippen LogP contribution in [0.1, 0.15) is 32.6 Å². The Morgan fingerprint density at radius 1 is 1.47 bits per heavy atom. The molecule has 2 amide bonds. The SMILES string of the molecule is CCCCCNC(=O)N1CC[C@H](S(N)(=O)=O)C1. The van der Waals surface area contributed by atoms with Crippen molar-refractivity contribution < 1.29 is 13.2 Å². The van der Waals surface area contributed by atoms with Gasteiger partial charge in [-0.05, 0) is 12.8 Å². The van der Waals surface area contributed by atoms with Crippen molar-refractivity contribution in [3.05, 3.63) is 0 Å². The fraction of sp³-hybridized carbons (Fsp3) is 0.900. The van der Waals surface area contributed by atoms with E-state index in [2.05, 4.69) is 12.2 Å². The number of urea groups is 1. The first kappa shape index (κ1) is 14.2. The highest BCUT2D eigenvalue weighted by molar-refractivity contribution is 7.89. The van der Waals surface area contributed by atoms with E-state index >= 15 is 0 Å². The van der Waals surface area contributed by atoms with Gasteiger partial charge in [-0.2, -0.15) is 0 Å². The molecule has 1 aliphatic rings. The molecule has 1 rings (SSSR count). The molecule has 3 N–H and O–H groups in total. The molecule has 0 unspecified atom stereocenters. The van der Waals surface area contributed by atoms with Crippen molar-refractivity contribution in [2.75, 3.05) is 19.6 Å². The van der Waals surface area contributed by atoms with E-state index in [-0.39, 0.29) is 12.6 Å². The first-order valence-electron chi connectivity index (χ1n) is 5.99. The number of rotatable bonds is 5. The molecule has 0 saturated carbocycles. The van der Waals surface area contributed by atoms with Crippen LogP contribution in [0.4, 0.5) is 4.79 Å². The van der Waals surface area contributed by atoms with Crippen LogP contribution in [0.2, 0.25) is 0 Å². The van der Waals surface area contributed by atoms with E-state index in [1.807, 2.05) is 0 Å². The number of nitrogens with one attached hydrogen (secondary N) is 1. The molecule has 7 heteroatoms. The van der Waals surface area contributed by atoms with Crippen LogP contribution >= 0.6 is 0 Å². The highest BCUT2D eigenvalue weighted by Gasteiger charge is 2.32. The van der Waals surface area contributed by atoms with Gasteiger partial charge in [-0.3, -0.25) is 0 Å². The average molecular weight is 263 g/mol. The van der Waals surface area contributed by atoms with Gasteiger partial charge in [0, 0.05) is 19.6 Å². The fourth-order valence-corrected chi connectivity index (χ4v) is 2.68. The Labute approximate surface area is 103 Å². The lowest BCUT2D eigenvalue weighted by atomic mass is 10.2. The first-order valence-corrected chi connectivity index (χ1v) is 7.60. The van der Waals surface area contributed by atoms with E-state index in [1.165, 1.54) is 4.90 Å². The summed E-state index contributed by atoms with van der Waals surface area (Å²) in [6.07, 6.45) is 3.57. The fourth-order valence-electron chi connectivity index (χ4n) is 1.86. The number of amides is 2. The largest absolute Gasteiger partial charge is 0.338 e. The molecule has 100 valence electrons. The van der Waals surface area contributed by atoms with Crippen molar-refractivity contribution in [1.82, 2.24) is 10.2 Å². The van der Waals surface area contributed by atoms with E-state index in [4.69, 9.17) is 5.14 Å². The van der Waals surface area contributed by atoms with Gasteiger partial charge in [0.05, 0.1) is 5.25 Å². The molecule has 0 bridgehead atoms. The third kappa shape index (κ3) is 4.51. The molecule has 0 spiro atoms. The number of carbonyl (C=O) groups is 1. The molecule has 0 aliphatic carbocycles. The highest BCUT2D eigenvalue weighted by atomic mass is 32.2. The summed E-state index contributed by atoms with van der Waals surface area (Å²) in [5.74, 6) is 0. The predicted molar refractivity (Wildman–Crippen MR) is 66.0 cm³/mol. The smallest absolute Gasteiger partial charge is 0.317 e. The molecule has 1 saturated heterocycles. The van der Waals surface area contributed by atoms with Gasteiger partial charge in [0.25, 0.3) is 0 Å². The van der Waals surface area contributed by atoms with Crippen LogP contribution in [0.25, 0.3) is 0 Å². The first-order chi connectivity index (χ1) is 7.95.